The maximum atomic E-state index is 14.1. The molecule has 1 saturated heterocycles. The third kappa shape index (κ3) is 5.05. The van der Waals surface area contributed by atoms with Gasteiger partial charge in [-0.15, -0.1) is 6.42 Å². The second-order valence-electron chi connectivity index (χ2n) is 11.0. The van der Waals surface area contributed by atoms with Gasteiger partial charge in [0.05, 0.1) is 27.5 Å². The number of pyridine rings is 2. The van der Waals surface area contributed by atoms with E-state index < -0.39 is 5.69 Å². The molecule has 1 aromatic carbocycles. The molecule has 214 valence electrons. The first-order valence-corrected chi connectivity index (χ1v) is 14.3. The SMILES string of the molecule is C#Cc1cccc(-c2nc3c(cc2Cl)c(N2CC(C)N(C(=O)C=C)CC2C)nc(=O)n3-c2c(C)ccnc2C(C)C)c1. The topological polar surface area (TPSA) is 84.2 Å². The summed E-state index contributed by atoms with van der Waals surface area (Å²) in [5, 5.41) is 1.02. The molecule has 2 unspecified atom stereocenters. The molecule has 1 aliphatic rings. The molecule has 1 amide bonds. The minimum atomic E-state index is -0.474. The molecule has 1 aliphatic heterocycles. The number of benzene rings is 1. The summed E-state index contributed by atoms with van der Waals surface area (Å²) in [6.07, 6.45) is 8.75. The van der Waals surface area contributed by atoms with E-state index >= 15 is 0 Å². The van der Waals surface area contributed by atoms with E-state index in [9.17, 15) is 9.59 Å². The summed E-state index contributed by atoms with van der Waals surface area (Å²) in [6.45, 7) is 14.6. The summed E-state index contributed by atoms with van der Waals surface area (Å²) in [7, 11) is 0. The van der Waals surface area contributed by atoms with E-state index in [0.29, 0.717) is 51.9 Å². The Balaban J connectivity index is 1.82. The Morgan fingerprint density at radius 1 is 1.17 bits per heavy atom. The predicted octanol–water partition coefficient (Wildman–Crippen LogP) is 5.52. The van der Waals surface area contributed by atoms with Crippen molar-refractivity contribution < 1.29 is 4.79 Å². The zero-order chi connectivity index (χ0) is 30.3. The fraction of sp³-hybridized carbons (Fsp3) is 0.303. The number of rotatable bonds is 5. The maximum absolute atomic E-state index is 14.1. The fourth-order valence-electron chi connectivity index (χ4n) is 5.62. The highest BCUT2D eigenvalue weighted by atomic mass is 35.5. The zero-order valence-electron chi connectivity index (χ0n) is 24.4. The van der Waals surface area contributed by atoms with Crippen molar-refractivity contribution in [1.82, 2.24) is 24.4 Å². The van der Waals surface area contributed by atoms with Crippen LogP contribution >= 0.6 is 11.6 Å². The van der Waals surface area contributed by atoms with Gasteiger partial charge in [-0.2, -0.15) is 4.98 Å². The fourth-order valence-corrected chi connectivity index (χ4v) is 5.88. The Labute approximate surface area is 250 Å². The van der Waals surface area contributed by atoms with Gasteiger partial charge in [-0.3, -0.25) is 9.78 Å². The second kappa shape index (κ2) is 11.4. The number of carbonyl (C=O) groups is 1. The average Bonchev–Trinajstić information content (AvgIpc) is 2.97. The van der Waals surface area contributed by atoms with Crippen LogP contribution in [0.3, 0.4) is 0 Å². The van der Waals surface area contributed by atoms with Gasteiger partial charge >= 0.3 is 5.69 Å². The molecule has 4 aromatic rings. The van der Waals surface area contributed by atoms with Crippen molar-refractivity contribution in [2.45, 2.75) is 52.6 Å². The Morgan fingerprint density at radius 2 is 1.93 bits per heavy atom. The first-order valence-electron chi connectivity index (χ1n) is 13.9. The maximum Gasteiger partial charge on any atom is 0.355 e. The standard InChI is InChI=1S/C33H33ClN6O2/c1-8-23-11-10-12-24(15-23)29-26(34)16-25-31(39-18-21(6)38(17-22(39)7)27(41)9-2)37-33(42)40(32(25)36-29)30-20(5)13-14-35-28(30)19(3)4/h1,9-16,19,21-22H,2,17-18H2,3-7H3. The Bertz CT molecular complexity index is 1820. The van der Waals surface area contributed by atoms with Gasteiger partial charge in [-0.1, -0.05) is 50.1 Å². The minimum Gasteiger partial charge on any atom is -0.349 e. The number of aromatic nitrogens is 4. The number of halogens is 1. The number of amides is 1. The summed E-state index contributed by atoms with van der Waals surface area (Å²) in [5.41, 5.74) is 4.16. The molecule has 1 fully saturated rings. The summed E-state index contributed by atoms with van der Waals surface area (Å²) >= 11 is 6.92. The quantitative estimate of drug-likeness (QED) is 0.228. The van der Waals surface area contributed by atoms with Crippen LogP contribution in [0.4, 0.5) is 5.82 Å². The van der Waals surface area contributed by atoms with Crippen molar-refractivity contribution in [2.75, 3.05) is 18.0 Å². The number of carbonyl (C=O) groups excluding carboxylic acids is 1. The molecule has 3 aromatic heterocycles. The largest absolute Gasteiger partial charge is 0.355 e. The van der Waals surface area contributed by atoms with Crippen molar-refractivity contribution in [1.29, 1.82) is 0 Å². The monoisotopic (exact) mass is 580 g/mol. The highest BCUT2D eigenvalue weighted by molar-refractivity contribution is 6.33. The summed E-state index contributed by atoms with van der Waals surface area (Å²) < 4.78 is 1.55. The lowest BCUT2D eigenvalue weighted by Gasteiger charge is -2.44. The molecule has 9 heteroatoms. The van der Waals surface area contributed by atoms with E-state index in [1.165, 1.54) is 6.08 Å². The number of terminal acetylenes is 1. The van der Waals surface area contributed by atoms with Crippen molar-refractivity contribution in [3.8, 4) is 29.3 Å². The van der Waals surface area contributed by atoms with E-state index in [1.54, 1.807) is 15.7 Å². The van der Waals surface area contributed by atoms with Crippen LogP contribution < -0.4 is 10.6 Å². The Morgan fingerprint density at radius 3 is 2.62 bits per heavy atom. The van der Waals surface area contributed by atoms with E-state index in [0.717, 1.165) is 16.8 Å². The molecule has 0 radical (unpaired) electrons. The number of piperazine rings is 1. The van der Waals surface area contributed by atoms with Crippen LogP contribution in [0.1, 0.15) is 50.4 Å². The van der Waals surface area contributed by atoms with E-state index in [-0.39, 0.29) is 23.9 Å². The lowest BCUT2D eigenvalue weighted by Crippen LogP contribution is -2.58. The highest BCUT2D eigenvalue weighted by Gasteiger charge is 2.34. The summed E-state index contributed by atoms with van der Waals surface area (Å²) in [5.74, 6) is 3.05. The number of hydrogen-bond acceptors (Lipinski definition) is 6. The van der Waals surface area contributed by atoms with Gasteiger partial charge in [0.15, 0.2) is 5.65 Å². The highest BCUT2D eigenvalue weighted by Crippen LogP contribution is 2.36. The number of hydrogen-bond donors (Lipinski definition) is 0. The third-order valence-corrected chi connectivity index (χ3v) is 8.03. The Kier molecular flexibility index (Phi) is 7.89. The Hall–Kier alpha value is -4.48. The van der Waals surface area contributed by atoms with Crippen molar-refractivity contribution in [3.63, 3.8) is 0 Å². The smallest absolute Gasteiger partial charge is 0.349 e. The average molecular weight is 581 g/mol. The molecule has 0 spiro atoms. The molecule has 2 atom stereocenters. The molecular formula is C33H33ClN6O2. The lowest BCUT2D eigenvalue weighted by molar-refractivity contribution is -0.128. The summed E-state index contributed by atoms with van der Waals surface area (Å²) in [4.78, 5) is 44.7. The molecular weight excluding hydrogens is 548 g/mol. The second-order valence-corrected chi connectivity index (χ2v) is 11.4. The molecule has 8 nitrogen and oxygen atoms in total. The van der Waals surface area contributed by atoms with Gasteiger partial charge in [-0.05, 0) is 62.6 Å². The van der Waals surface area contributed by atoms with Crippen LogP contribution in [0.5, 0.6) is 0 Å². The molecule has 0 N–H and O–H groups in total. The van der Waals surface area contributed by atoms with Crippen LogP contribution in [0.25, 0.3) is 28.0 Å². The number of fused-ring (bicyclic) bond motifs is 1. The molecule has 0 aliphatic carbocycles. The van der Waals surface area contributed by atoms with Crippen molar-refractivity contribution >= 4 is 34.4 Å². The van der Waals surface area contributed by atoms with Crippen LogP contribution in [-0.2, 0) is 4.79 Å². The van der Waals surface area contributed by atoms with Crippen LogP contribution in [-0.4, -0.2) is 55.5 Å². The van der Waals surface area contributed by atoms with Crippen molar-refractivity contribution in [2.24, 2.45) is 0 Å². The van der Waals surface area contributed by atoms with Crippen LogP contribution in [0.15, 0.2) is 60.0 Å². The minimum absolute atomic E-state index is 0.0388. The first kappa shape index (κ1) is 29.0. The van der Waals surface area contributed by atoms with Crippen LogP contribution in [0.2, 0.25) is 5.02 Å². The number of anilines is 1. The van der Waals surface area contributed by atoms with E-state index in [1.807, 2.05) is 71.0 Å². The van der Waals surface area contributed by atoms with Gasteiger partial charge in [-0.25, -0.2) is 14.3 Å². The molecule has 4 heterocycles. The van der Waals surface area contributed by atoms with Gasteiger partial charge in [0.2, 0.25) is 5.91 Å². The molecule has 0 bridgehead atoms. The summed E-state index contributed by atoms with van der Waals surface area (Å²) in [6, 6.07) is 10.9. The lowest BCUT2D eigenvalue weighted by atomic mass is 10.0. The van der Waals surface area contributed by atoms with Gasteiger partial charge in [0, 0.05) is 42.5 Å². The van der Waals surface area contributed by atoms with Crippen molar-refractivity contribution in [3.05, 3.63) is 87.6 Å². The molecule has 42 heavy (non-hydrogen) atoms. The zero-order valence-corrected chi connectivity index (χ0v) is 25.2. The third-order valence-electron chi connectivity index (χ3n) is 7.74. The molecule has 0 saturated carbocycles. The van der Waals surface area contributed by atoms with Gasteiger partial charge in [0.25, 0.3) is 0 Å². The van der Waals surface area contributed by atoms with Crippen LogP contribution in [0, 0.1) is 19.3 Å². The number of aryl methyl sites for hydroxylation is 1. The van der Waals surface area contributed by atoms with E-state index in [4.69, 9.17) is 23.0 Å². The van der Waals surface area contributed by atoms with Gasteiger partial charge < -0.3 is 9.80 Å². The van der Waals surface area contributed by atoms with Gasteiger partial charge in [0.1, 0.15) is 5.82 Å². The van der Waals surface area contributed by atoms with E-state index in [2.05, 4.69) is 27.4 Å². The molecule has 5 rings (SSSR count). The first-order chi connectivity index (χ1) is 20.0. The number of nitrogens with zero attached hydrogens (tertiary/aromatic N) is 6. The normalized spacial score (nSPS) is 17.0. The predicted molar refractivity (Wildman–Crippen MR) is 168 cm³/mol.